The molecule has 0 radical (unpaired) electrons. The maximum Gasteiger partial charge on any atom is 0.410 e. The molecule has 0 atom stereocenters. The number of rotatable bonds is 5. The molecule has 2 heterocycles. The second-order valence-electron chi connectivity index (χ2n) is 9.14. The molecule has 186 valence electrons. The molecule has 1 aromatic heterocycles. The first kappa shape index (κ1) is 24.6. The number of carbonyl (C=O) groups is 2. The van der Waals surface area contributed by atoms with Crippen molar-refractivity contribution in [2.45, 2.75) is 52.7 Å². The summed E-state index contributed by atoms with van der Waals surface area (Å²) in [6.45, 7) is 8.69. The van der Waals surface area contributed by atoms with Gasteiger partial charge in [-0.2, -0.15) is 5.10 Å². The van der Waals surface area contributed by atoms with Gasteiger partial charge in [-0.15, -0.1) is 0 Å². The molecule has 0 saturated carbocycles. The number of amides is 2. The molecule has 1 saturated heterocycles. The van der Waals surface area contributed by atoms with Crippen LogP contribution in [0.2, 0.25) is 0 Å². The lowest BCUT2D eigenvalue weighted by Crippen LogP contribution is -2.40. The first-order valence-electron chi connectivity index (χ1n) is 11.9. The van der Waals surface area contributed by atoms with Crippen molar-refractivity contribution in [2.75, 3.05) is 19.6 Å². The van der Waals surface area contributed by atoms with Crippen LogP contribution in [-0.2, 0) is 4.74 Å². The van der Waals surface area contributed by atoms with Crippen molar-refractivity contribution in [1.29, 1.82) is 0 Å². The van der Waals surface area contributed by atoms with Gasteiger partial charge in [-0.05, 0) is 75.9 Å². The van der Waals surface area contributed by atoms with Gasteiger partial charge in [0, 0.05) is 30.6 Å². The van der Waals surface area contributed by atoms with E-state index in [4.69, 9.17) is 4.74 Å². The molecule has 4 rings (SSSR count). The molecule has 3 aromatic rings. The Bertz CT molecular complexity index is 1260. The van der Waals surface area contributed by atoms with Crippen molar-refractivity contribution < 1.29 is 23.1 Å². The zero-order valence-corrected chi connectivity index (χ0v) is 20.4. The van der Waals surface area contributed by atoms with Crippen molar-refractivity contribution in [3.05, 3.63) is 53.2 Å². The second-order valence-corrected chi connectivity index (χ2v) is 9.14. The van der Waals surface area contributed by atoms with Crippen LogP contribution in [0.25, 0.3) is 22.0 Å². The zero-order chi connectivity index (χ0) is 25.3. The van der Waals surface area contributed by atoms with Gasteiger partial charge in [-0.1, -0.05) is 0 Å². The quantitative estimate of drug-likeness (QED) is 0.539. The van der Waals surface area contributed by atoms with Crippen LogP contribution in [0.4, 0.5) is 13.6 Å². The Morgan fingerprint density at radius 1 is 1.11 bits per heavy atom. The van der Waals surface area contributed by atoms with Gasteiger partial charge < -0.3 is 15.0 Å². The molecular weight excluding hydrogens is 454 g/mol. The largest absolute Gasteiger partial charge is 0.447 e. The predicted octanol–water partition coefficient (Wildman–Crippen LogP) is 5.22. The number of fused-ring (bicyclic) bond motifs is 1. The number of hydrogen-bond donors (Lipinski definition) is 1. The molecule has 1 aliphatic rings. The first-order chi connectivity index (χ1) is 16.7. The van der Waals surface area contributed by atoms with E-state index in [2.05, 4.69) is 10.4 Å². The number of piperidine rings is 1. The lowest BCUT2D eigenvalue weighted by molar-refractivity contribution is 0.0656. The number of nitrogens with zero attached hydrogens (tertiary/aromatic N) is 3. The molecule has 0 aliphatic carbocycles. The van der Waals surface area contributed by atoms with Crippen molar-refractivity contribution in [1.82, 2.24) is 20.0 Å². The number of nitrogens with one attached hydrogen (secondary N) is 1. The number of benzene rings is 2. The average molecular weight is 485 g/mol. The van der Waals surface area contributed by atoms with Crippen molar-refractivity contribution in [3.63, 3.8) is 0 Å². The summed E-state index contributed by atoms with van der Waals surface area (Å²) in [5, 5.41) is 7.87. The van der Waals surface area contributed by atoms with E-state index in [1.165, 1.54) is 0 Å². The third kappa shape index (κ3) is 4.99. The fourth-order valence-corrected chi connectivity index (χ4v) is 4.53. The van der Waals surface area contributed by atoms with Gasteiger partial charge in [-0.3, -0.25) is 9.48 Å². The molecule has 0 spiro atoms. The maximum atomic E-state index is 15.0. The molecule has 1 aliphatic heterocycles. The van der Waals surface area contributed by atoms with E-state index in [0.717, 1.165) is 41.4 Å². The van der Waals surface area contributed by atoms with E-state index >= 15 is 0 Å². The lowest BCUT2D eigenvalue weighted by atomic mass is 9.96. The van der Waals surface area contributed by atoms with Crippen LogP contribution in [0, 0.1) is 18.6 Å². The van der Waals surface area contributed by atoms with E-state index in [0.29, 0.717) is 25.2 Å². The third-order valence-corrected chi connectivity index (χ3v) is 6.28. The Labute approximate surface area is 203 Å². The smallest absolute Gasteiger partial charge is 0.410 e. The normalized spacial score (nSPS) is 14.5. The van der Waals surface area contributed by atoms with E-state index in [1.54, 1.807) is 24.1 Å². The number of ether oxygens (including phenoxy) is 1. The van der Waals surface area contributed by atoms with Gasteiger partial charge in [0.05, 0.1) is 29.4 Å². The first-order valence-corrected chi connectivity index (χ1v) is 11.9. The lowest BCUT2D eigenvalue weighted by Gasteiger charge is -2.32. The van der Waals surface area contributed by atoms with Gasteiger partial charge in [0.1, 0.15) is 11.6 Å². The summed E-state index contributed by atoms with van der Waals surface area (Å²) in [5.41, 5.74) is 1.99. The van der Waals surface area contributed by atoms with E-state index in [-0.39, 0.29) is 29.4 Å². The fourth-order valence-electron chi connectivity index (χ4n) is 4.53. The minimum Gasteiger partial charge on any atom is -0.447 e. The highest BCUT2D eigenvalue weighted by molar-refractivity contribution is 5.95. The topological polar surface area (TPSA) is 76.5 Å². The fraction of sp³-hybridized carbons (Fsp3) is 0.423. The number of carbonyl (C=O) groups excluding carboxylic acids is 2. The van der Waals surface area contributed by atoms with Gasteiger partial charge in [0.25, 0.3) is 5.91 Å². The van der Waals surface area contributed by atoms with Crippen LogP contribution in [0.15, 0.2) is 30.5 Å². The summed E-state index contributed by atoms with van der Waals surface area (Å²) in [5.74, 6) is -2.08. The Hall–Kier alpha value is -3.49. The molecule has 1 N–H and O–H groups in total. The van der Waals surface area contributed by atoms with Crippen LogP contribution in [-0.4, -0.2) is 52.4 Å². The third-order valence-electron chi connectivity index (χ3n) is 6.28. The Morgan fingerprint density at radius 2 is 1.83 bits per heavy atom. The molecular formula is C26H30F2N4O3. The number of likely N-dealkylation sites (tertiary alicyclic amines) is 1. The minimum atomic E-state index is -0.773. The van der Waals surface area contributed by atoms with Gasteiger partial charge >= 0.3 is 6.09 Å². The highest BCUT2D eigenvalue weighted by Crippen LogP contribution is 2.34. The van der Waals surface area contributed by atoms with E-state index in [9.17, 15) is 18.4 Å². The molecule has 9 heteroatoms. The highest BCUT2D eigenvalue weighted by atomic mass is 19.1. The molecule has 0 bridgehead atoms. The van der Waals surface area contributed by atoms with Crippen LogP contribution in [0.3, 0.4) is 0 Å². The van der Waals surface area contributed by atoms with Gasteiger partial charge in [-0.25, -0.2) is 13.6 Å². The summed E-state index contributed by atoms with van der Waals surface area (Å²) in [6, 6.07) is 5.86. The summed E-state index contributed by atoms with van der Waals surface area (Å²) in [7, 11) is 0. The molecule has 7 nitrogen and oxygen atoms in total. The number of halogens is 2. The predicted molar refractivity (Wildman–Crippen MR) is 129 cm³/mol. The monoisotopic (exact) mass is 484 g/mol. The Kier molecular flexibility index (Phi) is 7.05. The number of aromatic nitrogens is 2. The van der Waals surface area contributed by atoms with Gasteiger partial charge in [0.2, 0.25) is 0 Å². The summed E-state index contributed by atoms with van der Waals surface area (Å²) < 4.78 is 36.9. The summed E-state index contributed by atoms with van der Waals surface area (Å²) >= 11 is 0. The SMILES string of the molecule is CCNC(=O)c1cc(F)c(-c2cc3cnn(C4CCN(C(=O)OC(C)C)CC4)c3cc2C)cc1F. The number of hydrogen-bond acceptors (Lipinski definition) is 4. The number of aryl methyl sites for hydroxylation is 1. The van der Waals surface area contributed by atoms with E-state index in [1.807, 2.05) is 31.5 Å². The molecule has 0 unspecified atom stereocenters. The highest BCUT2D eigenvalue weighted by Gasteiger charge is 2.27. The Balaban J connectivity index is 1.59. The molecule has 2 aromatic carbocycles. The molecule has 35 heavy (non-hydrogen) atoms. The van der Waals surface area contributed by atoms with Crippen LogP contribution in [0.5, 0.6) is 0 Å². The zero-order valence-electron chi connectivity index (χ0n) is 20.4. The summed E-state index contributed by atoms with van der Waals surface area (Å²) in [6.07, 6.45) is 2.75. The molecule has 2 amide bonds. The van der Waals surface area contributed by atoms with Gasteiger partial charge in [0.15, 0.2) is 0 Å². The average Bonchev–Trinajstić information content (AvgIpc) is 3.22. The van der Waals surface area contributed by atoms with Crippen LogP contribution >= 0.6 is 0 Å². The van der Waals surface area contributed by atoms with Crippen molar-refractivity contribution >= 4 is 22.9 Å². The van der Waals surface area contributed by atoms with E-state index < -0.39 is 17.5 Å². The van der Waals surface area contributed by atoms with Crippen molar-refractivity contribution in [2.24, 2.45) is 0 Å². The van der Waals surface area contributed by atoms with Crippen molar-refractivity contribution in [3.8, 4) is 11.1 Å². The Morgan fingerprint density at radius 3 is 2.49 bits per heavy atom. The molecule has 1 fully saturated rings. The standard InChI is InChI=1S/C26H30F2N4O3/c1-5-29-25(33)21-13-22(27)20(12-23(21)28)19-11-17-14-30-32(24(17)10-16(19)4)18-6-8-31(9-7-18)26(34)35-15(2)3/h10-15,18H,5-9H2,1-4H3,(H,29,33). The van der Waals surface area contributed by atoms with Crippen LogP contribution < -0.4 is 5.32 Å². The second kappa shape index (κ2) is 10.0. The van der Waals surface area contributed by atoms with Crippen LogP contribution in [0.1, 0.15) is 55.6 Å². The summed E-state index contributed by atoms with van der Waals surface area (Å²) in [4.78, 5) is 25.9. The minimum absolute atomic E-state index is 0.0969. The maximum absolute atomic E-state index is 15.0.